The van der Waals surface area contributed by atoms with E-state index in [1.54, 1.807) is 0 Å². The third kappa shape index (κ3) is 4.63. The van der Waals surface area contributed by atoms with E-state index in [2.05, 4.69) is 31.3 Å². The first-order valence-electron chi connectivity index (χ1n) is 7.07. The second kappa shape index (κ2) is 6.93. The number of carbonyl (C=O) groups is 1. The Balaban J connectivity index is 1.80. The molecule has 0 bridgehead atoms. The van der Waals surface area contributed by atoms with E-state index in [0.717, 1.165) is 5.56 Å². The highest BCUT2D eigenvalue weighted by Gasteiger charge is 2.04. The van der Waals surface area contributed by atoms with E-state index in [0.29, 0.717) is 12.3 Å². The molecule has 2 aromatic rings. The molecule has 2 aromatic carbocycles. The van der Waals surface area contributed by atoms with Crippen molar-refractivity contribution in [2.75, 3.05) is 6.61 Å². The zero-order valence-corrected chi connectivity index (χ0v) is 12.8. The van der Waals surface area contributed by atoms with Gasteiger partial charge in [0.1, 0.15) is 5.75 Å². The fourth-order valence-corrected chi connectivity index (χ4v) is 2.07. The van der Waals surface area contributed by atoms with E-state index in [4.69, 9.17) is 4.74 Å². The van der Waals surface area contributed by atoms with E-state index in [1.807, 2.05) is 37.3 Å². The summed E-state index contributed by atoms with van der Waals surface area (Å²) in [5.41, 5.74) is 4.71. The number of nitrogens with one attached hydrogen (secondary N) is 1. The smallest absolute Gasteiger partial charge is 0.258 e. The van der Waals surface area contributed by atoms with Crippen LogP contribution in [0.5, 0.6) is 5.75 Å². The summed E-state index contributed by atoms with van der Waals surface area (Å²) in [5, 5.41) is 2.88. The van der Waals surface area contributed by atoms with Crippen LogP contribution in [0.1, 0.15) is 22.3 Å². The molecule has 21 heavy (non-hydrogen) atoms. The van der Waals surface area contributed by atoms with Crippen molar-refractivity contribution in [1.82, 2.24) is 5.32 Å². The molecule has 0 unspecified atom stereocenters. The lowest BCUT2D eigenvalue weighted by Crippen LogP contribution is -2.28. The van der Waals surface area contributed by atoms with Gasteiger partial charge in [-0.3, -0.25) is 4.79 Å². The minimum atomic E-state index is -0.115. The van der Waals surface area contributed by atoms with Crippen molar-refractivity contribution in [3.63, 3.8) is 0 Å². The number of aryl methyl sites for hydroxylation is 3. The van der Waals surface area contributed by atoms with Crippen LogP contribution < -0.4 is 10.1 Å². The van der Waals surface area contributed by atoms with Gasteiger partial charge in [0.25, 0.3) is 5.91 Å². The fraction of sp³-hybridized carbons (Fsp3) is 0.278. The molecule has 0 saturated heterocycles. The maximum Gasteiger partial charge on any atom is 0.258 e. The average molecular weight is 283 g/mol. The summed E-state index contributed by atoms with van der Waals surface area (Å²) in [6.07, 6.45) is 0. The van der Waals surface area contributed by atoms with Crippen molar-refractivity contribution in [3.8, 4) is 5.75 Å². The largest absolute Gasteiger partial charge is 0.484 e. The standard InChI is InChI=1S/C18H21NO2/c1-13-5-8-17(9-6-13)21-12-18(20)19-11-16-7-4-14(2)10-15(16)3/h4-10H,11-12H2,1-3H3,(H,19,20). The molecule has 1 amide bonds. The van der Waals surface area contributed by atoms with Crippen LogP contribution in [0.25, 0.3) is 0 Å². The Labute approximate surface area is 126 Å². The Bertz CT molecular complexity index is 618. The molecule has 0 aliphatic heterocycles. The summed E-state index contributed by atoms with van der Waals surface area (Å²) >= 11 is 0. The lowest BCUT2D eigenvalue weighted by Gasteiger charge is -2.10. The minimum absolute atomic E-state index is 0.0357. The molecule has 0 aliphatic carbocycles. The Kier molecular flexibility index (Phi) is 4.99. The second-order valence-electron chi connectivity index (χ2n) is 5.31. The number of amides is 1. The molecule has 0 spiro atoms. The molecular weight excluding hydrogens is 262 g/mol. The molecule has 0 aromatic heterocycles. The van der Waals surface area contributed by atoms with Crippen LogP contribution in [-0.4, -0.2) is 12.5 Å². The first-order chi connectivity index (χ1) is 10.0. The predicted molar refractivity (Wildman–Crippen MR) is 84.4 cm³/mol. The van der Waals surface area contributed by atoms with Gasteiger partial charge in [0.2, 0.25) is 0 Å². The van der Waals surface area contributed by atoms with Gasteiger partial charge in [0.15, 0.2) is 6.61 Å². The highest BCUT2D eigenvalue weighted by atomic mass is 16.5. The van der Waals surface area contributed by atoms with Gasteiger partial charge in [-0.15, -0.1) is 0 Å². The van der Waals surface area contributed by atoms with E-state index in [-0.39, 0.29) is 12.5 Å². The molecule has 0 fully saturated rings. The monoisotopic (exact) mass is 283 g/mol. The molecule has 0 radical (unpaired) electrons. The van der Waals surface area contributed by atoms with Crippen LogP contribution in [0, 0.1) is 20.8 Å². The Morgan fingerprint density at radius 1 is 1.00 bits per heavy atom. The molecule has 2 rings (SSSR count). The normalized spacial score (nSPS) is 10.2. The van der Waals surface area contributed by atoms with E-state index in [9.17, 15) is 4.79 Å². The molecule has 3 nitrogen and oxygen atoms in total. The van der Waals surface area contributed by atoms with E-state index in [1.165, 1.54) is 16.7 Å². The number of rotatable bonds is 5. The summed E-state index contributed by atoms with van der Waals surface area (Å²) in [4.78, 5) is 11.8. The number of hydrogen-bond acceptors (Lipinski definition) is 2. The van der Waals surface area contributed by atoms with Gasteiger partial charge in [0.05, 0.1) is 0 Å². The van der Waals surface area contributed by atoms with Gasteiger partial charge in [-0.05, 0) is 44.0 Å². The van der Waals surface area contributed by atoms with Crippen molar-refractivity contribution in [1.29, 1.82) is 0 Å². The number of carbonyl (C=O) groups excluding carboxylic acids is 1. The molecule has 0 saturated carbocycles. The summed E-state index contributed by atoms with van der Waals surface area (Å²) in [6.45, 7) is 6.69. The van der Waals surface area contributed by atoms with Crippen LogP contribution in [0.3, 0.4) is 0 Å². The van der Waals surface area contributed by atoms with Crippen LogP contribution in [0.2, 0.25) is 0 Å². The minimum Gasteiger partial charge on any atom is -0.484 e. The number of benzene rings is 2. The summed E-state index contributed by atoms with van der Waals surface area (Å²) in [7, 11) is 0. The molecule has 1 N–H and O–H groups in total. The van der Waals surface area contributed by atoms with E-state index < -0.39 is 0 Å². The number of hydrogen-bond donors (Lipinski definition) is 1. The van der Waals surface area contributed by atoms with Crippen LogP contribution in [0.4, 0.5) is 0 Å². The van der Waals surface area contributed by atoms with E-state index >= 15 is 0 Å². The predicted octanol–water partition coefficient (Wildman–Crippen LogP) is 3.31. The molecule has 110 valence electrons. The van der Waals surface area contributed by atoms with Crippen LogP contribution in [0.15, 0.2) is 42.5 Å². The third-order valence-corrected chi connectivity index (χ3v) is 3.37. The maximum absolute atomic E-state index is 11.8. The molecule has 0 atom stereocenters. The molecule has 3 heteroatoms. The van der Waals surface area contributed by atoms with Crippen LogP contribution >= 0.6 is 0 Å². The number of ether oxygens (including phenoxy) is 1. The lowest BCUT2D eigenvalue weighted by molar-refractivity contribution is -0.123. The summed E-state index contributed by atoms with van der Waals surface area (Å²) in [6, 6.07) is 13.9. The van der Waals surface area contributed by atoms with Crippen molar-refractivity contribution in [2.45, 2.75) is 27.3 Å². The Morgan fingerprint density at radius 2 is 1.67 bits per heavy atom. The van der Waals surface area contributed by atoms with Crippen molar-refractivity contribution >= 4 is 5.91 Å². The highest BCUT2D eigenvalue weighted by Crippen LogP contribution is 2.12. The lowest BCUT2D eigenvalue weighted by atomic mass is 10.1. The second-order valence-corrected chi connectivity index (χ2v) is 5.31. The van der Waals surface area contributed by atoms with Crippen molar-refractivity contribution in [2.24, 2.45) is 0 Å². The maximum atomic E-state index is 11.8. The highest BCUT2D eigenvalue weighted by molar-refractivity contribution is 5.77. The summed E-state index contributed by atoms with van der Waals surface area (Å²) < 4.78 is 5.45. The zero-order valence-electron chi connectivity index (χ0n) is 12.8. The van der Waals surface area contributed by atoms with Crippen LogP contribution in [-0.2, 0) is 11.3 Å². The quantitative estimate of drug-likeness (QED) is 0.914. The topological polar surface area (TPSA) is 38.3 Å². The van der Waals surface area contributed by atoms with Gasteiger partial charge in [0, 0.05) is 6.54 Å². The fourth-order valence-electron chi connectivity index (χ4n) is 2.07. The van der Waals surface area contributed by atoms with Gasteiger partial charge >= 0.3 is 0 Å². The first-order valence-corrected chi connectivity index (χ1v) is 7.07. The van der Waals surface area contributed by atoms with Gasteiger partial charge in [-0.2, -0.15) is 0 Å². The zero-order chi connectivity index (χ0) is 15.2. The molecular formula is C18H21NO2. The SMILES string of the molecule is Cc1ccc(OCC(=O)NCc2ccc(C)cc2C)cc1. The van der Waals surface area contributed by atoms with Gasteiger partial charge in [-0.25, -0.2) is 0 Å². The first kappa shape index (κ1) is 15.1. The van der Waals surface area contributed by atoms with Gasteiger partial charge in [-0.1, -0.05) is 41.5 Å². The summed E-state index contributed by atoms with van der Waals surface area (Å²) in [5.74, 6) is 0.595. The Hall–Kier alpha value is -2.29. The van der Waals surface area contributed by atoms with Gasteiger partial charge < -0.3 is 10.1 Å². The Morgan fingerprint density at radius 3 is 2.33 bits per heavy atom. The van der Waals surface area contributed by atoms with Crippen molar-refractivity contribution in [3.05, 3.63) is 64.7 Å². The average Bonchev–Trinajstić information content (AvgIpc) is 2.46. The molecule has 0 aliphatic rings. The molecule has 0 heterocycles. The van der Waals surface area contributed by atoms with Crippen molar-refractivity contribution < 1.29 is 9.53 Å². The third-order valence-electron chi connectivity index (χ3n) is 3.37.